The number of fused-ring (bicyclic) bond motifs is 1. The van der Waals surface area contributed by atoms with Gasteiger partial charge in [0.15, 0.2) is 9.84 Å². The van der Waals surface area contributed by atoms with Crippen molar-refractivity contribution in [2.75, 3.05) is 29.5 Å². The number of nitrogens with zero attached hydrogens (tertiary/aromatic N) is 1. The standard InChI is InChI=1S/C22H24ClN3O4S/c23-17-7-3-2-6-16(17)13-31(29,30)14-20-21(27)25-19-12-15(8-9-18(19)24-20)22(28)26-10-4-1-5-11-26/h2-3,6-9,12,20,24H,1,4-5,10-11,13-14H2,(H,25,27). The molecule has 9 heteroatoms. The van der Waals surface area contributed by atoms with Crippen LogP contribution in [0.2, 0.25) is 5.02 Å². The smallest absolute Gasteiger partial charge is 0.253 e. The van der Waals surface area contributed by atoms with Crippen LogP contribution in [0.1, 0.15) is 35.2 Å². The number of sulfone groups is 1. The highest BCUT2D eigenvalue weighted by Gasteiger charge is 2.31. The number of carbonyl (C=O) groups excluding carboxylic acids is 2. The third-order valence-electron chi connectivity index (χ3n) is 5.57. The monoisotopic (exact) mass is 461 g/mol. The number of likely N-dealkylation sites (tertiary alicyclic amines) is 1. The van der Waals surface area contributed by atoms with Crippen LogP contribution >= 0.6 is 11.6 Å². The molecule has 0 aromatic heterocycles. The molecule has 2 heterocycles. The SMILES string of the molecule is O=C1Nc2cc(C(=O)N3CCCCC3)ccc2NC1CS(=O)(=O)Cc1ccccc1Cl. The van der Waals surface area contributed by atoms with E-state index in [0.717, 1.165) is 32.4 Å². The minimum Gasteiger partial charge on any atom is -0.371 e. The van der Waals surface area contributed by atoms with Gasteiger partial charge in [-0.2, -0.15) is 0 Å². The Hall–Kier alpha value is -2.58. The molecule has 2 aliphatic heterocycles. The summed E-state index contributed by atoms with van der Waals surface area (Å²) >= 11 is 6.07. The molecular formula is C22H24ClN3O4S. The zero-order chi connectivity index (χ0) is 22.0. The number of benzene rings is 2. The van der Waals surface area contributed by atoms with Gasteiger partial charge >= 0.3 is 0 Å². The highest BCUT2D eigenvalue weighted by Crippen LogP contribution is 2.29. The van der Waals surface area contributed by atoms with Gasteiger partial charge < -0.3 is 15.5 Å². The van der Waals surface area contributed by atoms with Crippen LogP contribution in [0.25, 0.3) is 0 Å². The summed E-state index contributed by atoms with van der Waals surface area (Å²) in [6.07, 6.45) is 3.13. The molecule has 4 rings (SSSR count). The van der Waals surface area contributed by atoms with Crippen molar-refractivity contribution in [3.8, 4) is 0 Å². The van der Waals surface area contributed by atoms with Crippen molar-refractivity contribution in [3.63, 3.8) is 0 Å². The molecule has 2 N–H and O–H groups in total. The summed E-state index contributed by atoms with van der Waals surface area (Å²) < 4.78 is 25.3. The van der Waals surface area contributed by atoms with Gasteiger partial charge in [0.25, 0.3) is 5.91 Å². The molecule has 0 aliphatic carbocycles. The maximum atomic E-state index is 12.7. The van der Waals surface area contributed by atoms with Crippen LogP contribution < -0.4 is 10.6 Å². The molecular weight excluding hydrogens is 438 g/mol. The lowest BCUT2D eigenvalue weighted by Gasteiger charge is -2.29. The highest BCUT2D eigenvalue weighted by atomic mass is 35.5. The summed E-state index contributed by atoms with van der Waals surface area (Å²) in [4.78, 5) is 27.1. The van der Waals surface area contributed by atoms with Crippen molar-refractivity contribution in [2.45, 2.75) is 31.1 Å². The number of hydrogen-bond acceptors (Lipinski definition) is 5. The molecule has 0 bridgehead atoms. The molecule has 2 amide bonds. The first kappa shape index (κ1) is 21.6. The van der Waals surface area contributed by atoms with E-state index in [1.54, 1.807) is 42.5 Å². The maximum Gasteiger partial charge on any atom is 0.253 e. The van der Waals surface area contributed by atoms with Gasteiger partial charge in [-0.05, 0) is 49.1 Å². The molecule has 2 aromatic carbocycles. The molecule has 2 aromatic rings. The first-order chi connectivity index (χ1) is 14.8. The number of halogens is 1. The van der Waals surface area contributed by atoms with E-state index in [1.165, 1.54) is 0 Å². The molecule has 7 nitrogen and oxygen atoms in total. The summed E-state index contributed by atoms with van der Waals surface area (Å²) in [5, 5.41) is 6.12. The van der Waals surface area contributed by atoms with Crippen molar-refractivity contribution in [3.05, 3.63) is 58.6 Å². The van der Waals surface area contributed by atoms with Gasteiger partial charge in [-0.1, -0.05) is 29.8 Å². The normalized spacial score (nSPS) is 18.7. The van der Waals surface area contributed by atoms with Crippen molar-refractivity contribution in [2.24, 2.45) is 0 Å². The fourth-order valence-electron chi connectivity index (χ4n) is 3.94. The second-order valence-electron chi connectivity index (χ2n) is 7.95. The Morgan fingerprint density at radius 2 is 1.81 bits per heavy atom. The minimum absolute atomic E-state index is 0.0545. The molecule has 0 spiro atoms. The van der Waals surface area contributed by atoms with E-state index in [9.17, 15) is 18.0 Å². The summed E-state index contributed by atoms with van der Waals surface area (Å²) in [5.41, 5.74) is 2.08. The summed E-state index contributed by atoms with van der Waals surface area (Å²) in [6.45, 7) is 1.48. The van der Waals surface area contributed by atoms with Crippen LogP contribution in [-0.2, 0) is 20.4 Å². The maximum absolute atomic E-state index is 12.7. The molecule has 0 radical (unpaired) electrons. The molecule has 1 fully saturated rings. The Kier molecular flexibility index (Phi) is 6.20. The predicted octanol–water partition coefficient (Wildman–Crippen LogP) is 3.31. The second-order valence-corrected chi connectivity index (χ2v) is 10.5. The number of amides is 2. The van der Waals surface area contributed by atoms with Gasteiger partial charge in [0.2, 0.25) is 5.91 Å². The van der Waals surface area contributed by atoms with Crippen molar-refractivity contribution in [1.82, 2.24) is 4.90 Å². The zero-order valence-electron chi connectivity index (χ0n) is 16.9. The van der Waals surface area contributed by atoms with Crippen LogP contribution in [0.4, 0.5) is 11.4 Å². The Labute approximate surface area is 186 Å². The summed E-state index contributed by atoms with van der Waals surface area (Å²) in [6, 6.07) is 10.9. The van der Waals surface area contributed by atoms with E-state index in [1.807, 2.05) is 4.90 Å². The molecule has 1 saturated heterocycles. The predicted molar refractivity (Wildman–Crippen MR) is 121 cm³/mol. The Morgan fingerprint density at radius 1 is 1.06 bits per heavy atom. The van der Waals surface area contributed by atoms with Gasteiger partial charge in [-0.25, -0.2) is 8.42 Å². The van der Waals surface area contributed by atoms with Crippen LogP contribution in [-0.4, -0.2) is 50.0 Å². The van der Waals surface area contributed by atoms with Crippen LogP contribution in [0.3, 0.4) is 0 Å². The molecule has 1 unspecified atom stereocenters. The van der Waals surface area contributed by atoms with E-state index in [4.69, 9.17) is 11.6 Å². The lowest BCUT2D eigenvalue weighted by atomic mass is 10.1. The van der Waals surface area contributed by atoms with Crippen molar-refractivity contribution in [1.29, 1.82) is 0 Å². The molecule has 2 aliphatic rings. The average molecular weight is 462 g/mol. The van der Waals surface area contributed by atoms with Gasteiger partial charge in [0.1, 0.15) is 6.04 Å². The van der Waals surface area contributed by atoms with Gasteiger partial charge in [0.05, 0.1) is 22.9 Å². The molecule has 0 saturated carbocycles. The summed E-state index contributed by atoms with van der Waals surface area (Å²) in [5.74, 6) is -1.11. The second kappa shape index (κ2) is 8.88. The molecule has 31 heavy (non-hydrogen) atoms. The lowest BCUT2D eigenvalue weighted by Crippen LogP contribution is -2.44. The number of carbonyl (C=O) groups is 2. The van der Waals surface area contributed by atoms with Crippen LogP contribution in [0, 0.1) is 0 Å². The largest absolute Gasteiger partial charge is 0.371 e. The third-order valence-corrected chi connectivity index (χ3v) is 7.53. The quantitative estimate of drug-likeness (QED) is 0.712. The molecule has 1 atom stereocenters. The highest BCUT2D eigenvalue weighted by molar-refractivity contribution is 7.90. The number of hydrogen-bond donors (Lipinski definition) is 2. The Bertz CT molecular complexity index is 1110. The summed E-state index contributed by atoms with van der Waals surface area (Å²) in [7, 11) is -3.60. The van der Waals surface area contributed by atoms with E-state index >= 15 is 0 Å². The lowest BCUT2D eigenvalue weighted by molar-refractivity contribution is -0.116. The number of rotatable bonds is 5. The number of anilines is 2. The molecule has 164 valence electrons. The van der Waals surface area contributed by atoms with Gasteiger partial charge in [0, 0.05) is 23.7 Å². The topological polar surface area (TPSA) is 95.6 Å². The van der Waals surface area contributed by atoms with E-state index in [2.05, 4.69) is 10.6 Å². The zero-order valence-corrected chi connectivity index (χ0v) is 18.5. The first-order valence-corrected chi connectivity index (χ1v) is 12.5. The van der Waals surface area contributed by atoms with Crippen molar-refractivity contribution < 1.29 is 18.0 Å². The fourth-order valence-corrected chi connectivity index (χ4v) is 5.81. The van der Waals surface area contributed by atoms with Gasteiger partial charge in [-0.15, -0.1) is 0 Å². The van der Waals surface area contributed by atoms with E-state index in [-0.39, 0.29) is 17.4 Å². The van der Waals surface area contributed by atoms with E-state index < -0.39 is 21.8 Å². The Balaban J connectivity index is 1.46. The average Bonchev–Trinajstić information content (AvgIpc) is 2.75. The third kappa shape index (κ3) is 5.02. The fraction of sp³-hybridized carbons (Fsp3) is 0.364. The van der Waals surface area contributed by atoms with Crippen LogP contribution in [0.15, 0.2) is 42.5 Å². The van der Waals surface area contributed by atoms with Crippen LogP contribution in [0.5, 0.6) is 0 Å². The van der Waals surface area contributed by atoms with E-state index in [0.29, 0.717) is 27.5 Å². The van der Waals surface area contributed by atoms with Crippen molar-refractivity contribution >= 4 is 44.6 Å². The Morgan fingerprint density at radius 3 is 2.55 bits per heavy atom. The number of piperidine rings is 1. The first-order valence-electron chi connectivity index (χ1n) is 10.3. The number of nitrogens with one attached hydrogen (secondary N) is 2. The minimum atomic E-state index is -3.60. The van der Waals surface area contributed by atoms with Gasteiger partial charge in [-0.3, -0.25) is 9.59 Å².